The molecule has 152 valence electrons. The fourth-order valence-corrected chi connectivity index (χ4v) is 2.84. The first-order chi connectivity index (χ1) is 12.6. The molecule has 0 saturated carbocycles. The van der Waals surface area contributed by atoms with Gasteiger partial charge in [-0.15, -0.1) is 0 Å². The van der Waals surface area contributed by atoms with Crippen LogP contribution in [0.2, 0.25) is 20.1 Å². The molecule has 2 rings (SSSR count). The van der Waals surface area contributed by atoms with Gasteiger partial charge in [0.25, 0.3) is 0 Å². The first-order valence-electron chi connectivity index (χ1n) is 7.06. The average molecular weight is 482 g/mol. The second-order valence-corrected chi connectivity index (χ2v) is 7.01. The van der Waals surface area contributed by atoms with Crippen LogP contribution in [0.4, 0.5) is 26.3 Å². The Morgan fingerprint density at radius 2 is 0.750 bits per heavy atom. The normalized spacial score (nSPS) is 11.5. The van der Waals surface area contributed by atoms with Crippen molar-refractivity contribution in [2.24, 2.45) is 0 Å². The van der Waals surface area contributed by atoms with Gasteiger partial charge in [0, 0.05) is 20.1 Å². The Balaban J connectivity index is 0.000000280. The molecule has 2 aromatic carbocycles. The van der Waals surface area contributed by atoms with Gasteiger partial charge in [0.15, 0.2) is 0 Å². The third-order valence-electron chi connectivity index (χ3n) is 3.11. The molecular weight excluding hydrogens is 472 g/mol. The number of alkyl halides is 6. The summed E-state index contributed by atoms with van der Waals surface area (Å²) in [6.07, 6.45) is -8.93. The van der Waals surface area contributed by atoms with E-state index in [-0.39, 0.29) is 31.2 Å². The fraction of sp³-hybridized carbons (Fsp3) is 0.111. The van der Waals surface area contributed by atoms with Crippen LogP contribution in [0.15, 0.2) is 49.6 Å². The van der Waals surface area contributed by atoms with Gasteiger partial charge in [0.05, 0.1) is 11.1 Å². The van der Waals surface area contributed by atoms with Gasteiger partial charge in [-0.05, 0) is 47.5 Å². The molecule has 2 aromatic rings. The van der Waals surface area contributed by atoms with Gasteiger partial charge in [-0.2, -0.15) is 26.3 Å². The monoisotopic (exact) mass is 480 g/mol. The van der Waals surface area contributed by atoms with Gasteiger partial charge in [-0.1, -0.05) is 59.6 Å². The number of allylic oxidation sites excluding steroid dienone is 2. The summed E-state index contributed by atoms with van der Waals surface area (Å²) in [5.74, 6) is 0. The minimum atomic E-state index is -4.46. The Kier molecular flexibility index (Phi) is 8.33. The molecule has 0 fully saturated rings. The van der Waals surface area contributed by atoms with Crippen LogP contribution in [0.3, 0.4) is 0 Å². The van der Waals surface area contributed by atoms with E-state index in [1.807, 2.05) is 0 Å². The third kappa shape index (κ3) is 7.59. The van der Waals surface area contributed by atoms with E-state index in [4.69, 9.17) is 46.4 Å². The maximum Gasteiger partial charge on any atom is 0.416 e. The van der Waals surface area contributed by atoms with Crippen LogP contribution in [0, 0.1) is 0 Å². The van der Waals surface area contributed by atoms with Crippen LogP contribution in [0.25, 0.3) is 11.1 Å². The molecule has 0 spiro atoms. The summed E-state index contributed by atoms with van der Waals surface area (Å²) in [4.78, 5) is 0. The largest absolute Gasteiger partial charge is 0.416 e. The van der Waals surface area contributed by atoms with Gasteiger partial charge < -0.3 is 0 Å². The predicted molar refractivity (Wildman–Crippen MR) is 103 cm³/mol. The summed E-state index contributed by atoms with van der Waals surface area (Å²) < 4.78 is 73.3. The molecule has 0 unspecified atom stereocenters. The van der Waals surface area contributed by atoms with Crippen molar-refractivity contribution in [2.45, 2.75) is 12.4 Å². The Bertz CT molecular complexity index is 771. The van der Waals surface area contributed by atoms with Crippen LogP contribution in [-0.4, -0.2) is 12.4 Å². The molecule has 0 aromatic heterocycles. The Labute approximate surface area is 177 Å². The zero-order chi connectivity index (χ0) is 21.9. The van der Waals surface area contributed by atoms with Crippen molar-refractivity contribution in [2.75, 3.05) is 0 Å². The number of rotatable bonds is 2. The molecule has 0 bridgehead atoms. The summed E-state index contributed by atoms with van der Waals surface area (Å²) in [5.41, 5.74) is -2.14. The highest BCUT2D eigenvalue weighted by molar-refractivity contribution is 6.35. The van der Waals surface area contributed by atoms with Gasteiger partial charge in [0.2, 0.25) is 0 Å². The second kappa shape index (κ2) is 9.44. The standard InChI is InChI=1S/2C9H5Cl2F3/c2*1-5(9(12,13)14)6-2-7(10)4-8(11)3-6/h2*2-4H,1H2. The Hall–Kier alpha value is -1.34. The lowest BCUT2D eigenvalue weighted by Gasteiger charge is -2.10. The van der Waals surface area contributed by atoms with Crippen molar-refractivity contribution in [3.63, 3.8) is 0 Å². The second-order valence-electron chi connectivity index (χ2n) is 5.27. The smallest absolute Gasteiger partial charge is 0.166 e. The fourth-order valence-electron chi connectivity index (χ4n) is 1.78. The molecule has 28 heavy (non-hydrogen) atoms. The van der Waals surface area contributed by atoms with Crippen LogP contribution in [0.1, 0.15) is 11.1 Å². The summed E-state index contributed by atoms with van der Waals surface area (Å²) >= 11 is 22.2. The van der Waals surface area contributed by atoms with Crippen LogP contribution in [0.5, 0.6) is 0 Å². The number of benzene rings is 2. The Morgan fingerprint density at radius 1 is 0.536 bits per heavy atom. The highest BCUT2D eigenvalue weighted by Gasteiger charge is 2.33. The van der Waals surface area contributed by atoms with Crippen molar-refractivity contribution >= 4 is 57.5 Å². The van der Waals surface area contributed by atoms with E-state index in [2.05, 4.69) is 13.2 Å². The van der Waals surface area contributed by atoms with Crippen molar-refractivity contribution in [3.05, 3.63) is 80.8 Å². The molecule has 0 aliphatic carbocycles. The van der Waals surface area contributed by atoms with Crippen molar-refractivity contribution < 1.29 is 26.3 Å². The number of hydrogen-bond acceptors (Lipinski definition) is 0. The first-order valence-corrected chi connectivity index (χ1v) is 8.57. The van der Waals surface area contributed by atoms with E-state index in [1.165, 1.54) is 36.4 Å². The average Bonchev–Trinajstić information content (AvgIpc) is 2.50. The lowest BCUT2D eigenvalue weighted by molar-refractivity contribution is -0.0695. The predicted octanol–water partition coefficient (Wildman–Crippen LogP) is 9.14. The molecule has 10 heteroatoms. The topological polar surface area (TPSA) is 0 Å². The van der Waals surface area contributed by atoms with Gasteiger partial charge in [0.1, 0.15) is 0 Å². The molecule has 0 aliphatic rings. The lowest BCUT2D eigenvalue weighted by Crippen LogP contribution is -2.09. The molecule has 0 saturated heterocycles. The highest BCUT2D eigenvalue weighted by atomic mass is 35.5. The van der Waals surface area contributed by atoms with Crippen molar-refractivity contribution in [3.8, 4) is 0 Å². The molecule has 0 amide bonds. The molecule has 0 N–H and O–H groups in total. The van der Waals surface area contributed by atoms with E-state index in [9.17, 15) is 26.3 Å². The minimum absolute atomic E-state index is 0.116. The molecule has 0 aliphatic heterocycles. The minimum Gasteiger partial charge on any atom is -0.166 e. The highest BCUT2D eigenvalue weighted by Crippen LogP contribution is 2.35. The third-order valence-corrected chi connectivity index (χ3v) is 3.98. The van der Waals surface area contributed by atoms with E-state index < -0.39 is 23.5 Å². The summed E-state index contributed by atoms with van der Waals surface area (Å²) in [5, 5.41) is 0.603. The van der Waals surface area contributed by atoms with Crippen molar-refractivity contribution in [1.29, 1.82) is 0 Å². The van der Waals surface area contributed by atoms with Crippen molar-refractivity contribution in [1.82, 2.24) is 0 Å². The maximum absolute atomic E-state index is 12.2. The zero-order valence-electron chi connectivity index (χ0n) is 13.7. The van der Waals surface area contributed by atoms with E-state index in [1.54, 1.807) is 0 Å². The van der Waals surface area contributed by atoms with Crippen LogP contribution >= 0.6 is 46.4 Å². The summed E-state index contributed by atoms with van der Waals surface area (Å²) in [6, 6.07) is 7.39. The van der Waals surface area contributed by atoms with E-state index in [0.717, 1.165) is 0 Å². The summed E-state index contributed by atoms with van der Waals surface area (Å²) in [6.45, 7) is 5.87. The number of hydrogen-bond donors (Lipinski definition) is 0. The first kappa shape index (κ1) is 24.7. The van der Waals surface area contributed by atoms with E-state index in [0.29, 0.717) is 0 Å². The van der Waals surface area contributed by atoms with E-state index >= 15 is 0 Å². The van der Waals surface area contributed by atoms with Crippen LogP contribution in [-0.2, 0) is 0 Å². The zero-order valence-corrected chi connectivity index (χ0v) is 16.7. The Morgan fingerprint density at radius 3 is 0.929 bits per heavy atom. The maximum atomic E-state index is 12.2. The van der Waals surface area contributed by atoms with Gasteiger partial charge >= 0.3 is 12.4 Å². The molecule has 0 radical (unpaired) electrons. The SMILES string of the molecule is C=C(c1cc(Cl)cc(Cl)c1)C(F)(F)F.C=C(c1cc(Cl)cc(Cl)c1)C(F)(F)F. The molecular formula is C18H10Cl4F6. The number of halogens is 10. The van der Waals surface area contributed by atoms with Gasteiger partial charge in [-0.3, -0.25) is 0 Å². The lowest BCUT2D eigenvalue weighted by atomic mass is 10.1. The molecule has 0 heterocycles. The molecule has 0 nitrogen and oxygen atoms in total. The quantitative estimate of drug-likeness (QED) is 0.375. The van der Waals surface area contributed by atoms with Gasteiger partial charge in [-0.25, -0.2) is 0 Å². The van der Waals surface area contributed by atoms with Crippen LogP contribution < -0.4 is 0 Å². The molecule has 0 atom stereocenters. The summed E-state index contributed by atoms with van der Waals surface area (Å²) in [7, 11) is 0.